The summed E-state index contributed by atoms with van der Waals surface area (Å²) >= 11 is 5.93. The highest BCUT2D eigenvalue weighted by Crippen LogP contribution is 2.14. The summed E-state index contributed by atoms with van der Waals surface area (Å²) in [6.45, 7) is 5.93. The number of benzene rings is 1. The third kappa shape index (κ3) is 4.54. The van der Waals surface area contributed by atoms with E-state index in [0.717, 1.165) is 56.5 Å². The Morgan fingerprint density at radius 3 is 3.12 bits per heavy atom. The molecule has 1 aromatic carbocycles. The Labute approximate surface area is 108 Å². The molecular formula is C13H19ClN2O. The summed E-state index contributed by atoms with van der Waals surface area (Å²) in [5.41, 5.74) is 1.09. The average Bonchev–Trinajstić information content (AvgIpc) is 2.58. The predicted molar refractivity (Wildman–Crippen MR) is 71.8 cm³/mol. The predicted octanol–water partition coefficient (Wildman–Crippen LogP) is 2.47. The van der Waals surface area contributed by atoms with Crippen LogP contribution in [-0.4, -0.2) is 44.3 Å². The molecule has 0 spiro atoms. The highest BCUT2D eigenvalue weighted by Gasteiger charge is 2.07. The molecule has 2 rings (SSSR count). The number of halogens is 1. The molecule has 1 aliphatic rings. The zero-order valence-electron chi connectivity index (χ0n) is 9.99. The number of rotatable bonds is 4. The number of nitrogens with one attached hydrogen (secondary N) is 1. The van der Waals surface area contributed by atoms with Gasteiger partial charge in [0.2, 0.25) is 0 Å². The number of nitrogens with zero attached hydrogens (tertiary/aromatic N) is 1. The summed E-state index contributed by atoms with van der Waals surface area (Å²) in [5, 5.41) is 4.16. The van der Waals surface area contributed by atoms with Crippen molar-refractivity contribution in [1.82, 2.24) is 4.90 Å². The van der Waals surface area contributed by atoms with Crippen LogP contribution >= 0.6 is 11.6 Å². The minimum atomic E-state index is 0.776. The quantitative estimate of drug-likeness (QED) is 0.894. The molecule has 1 N–H and O–H groups in total. The normalized spacial score (nSPS) is 17.7. The molecule has 1 fully saturated rings. The number of hydrogen-bond acceptors (Lipinski definition) is 3. The fourth-order valence-corrected chi connectivity index (χ4v) is 2.17. The van der Waals surface area contributed by atoms with Gasteiger partial charge in [-0.3, -0.25) is 4.90 Å². The lowest BCUT2D eigenvalue weighted by molar-refractivity contribution is 0.142. The molecule has 0 aromatic heterocycles. The first kappa shape index (κ1) is 12.7. The molecular weight excluding hydrogens is 236 g/mol. The number of anilines is 1. The van der Waals surface area contributed by atoms with E-state index in [-0.39, 0.29) is 0 Å². The first-order valence-corrected chi connectivity index (χ1v) is 6.52. The van der Waals surface area contributed by atoms with Crippen molar-refractivity contribution in [2.45, 2.75) is 6.42 Å². The lowest BCUT2D eigenvalue weighted by Gasteiger charge is -2.19. The lowest BCUT2D eigenvalue weighted by Crippen LogP contribution is -2.31. The fourth-order valence-electron chi connectivity index (χ4n) is 1.98. The van der Waals surface area contributed by atoms with Crippen LogP contribution in [0.15, 0.2) is 24.3 Å². The second-order valence-electron chi connectivity index (χ2n) is 4.24. The van der Waals surface area contributed by atoms with Crippen molar-refractivity contribution in [2.24, 2.45) is 0 Å². The molecule has 17 heavy (non-hydrogen) atoms. The van der Waals surface area contributed by atoms with Crippen molar-refractivity contribution >= 4 is 17.3 Å². The van der Waals surface area contributed by atoms with E-state index in [4.69, 9.17) is 16.3 Å². The van der Waals surface area contributed by atoms with Crippen molar-refractivity contribution in [3.63, 3.8) is 0 Å². The maximum atomic E-state index is 5.93. The minimum absolute atomic E-state index is 0.776. The van der Waals surface area contributed by atoms with Gasteiger partial charge in [-0.25, -0.2) is 0 Å². The van der Waals surface area contributed by atoms with Gasteiger partial charge in [-0.1, -0.05) is 17.7 Å². The molecule has 0 unspecified atom stereocenters. The summed E-state index contributed by atoms with van der Waals surface area (Å²) < 4.78 is 5.43. The highest BCUT2D eigenvalue weighted by molar-refractivity contribution is 6.30. The zero-order chi connectivity index (χ0) is 11.9. The summed E-state index contributed by atoms with van der Waals surface area (Å²) in [6, 6.07) is 7.84. The summed E-state index contributed by atoms with van der Waals surface area (Å²) in [6.07, 6.45) is 1.14. The molecule has 0 atom stereocenters. The largest absolute Gasteiger partial charge is 0.384 e. The van der Waals surface area contributed by atoms with E-state index in [1.165, 1.54) is 0 Å². The van der Waals surface area contributed by atoms with Gasteiger partial charge in [0.1, 0.15) is 0 Å². The molecule has 94 valence electrons. The maximum Gasteiger partial charge on any atom is 0.0593 e. The van der Waals surface area contributed by atoms with Crippen LogP contribution in [0, 0.1) is 0 Å². The van der Waals surface area contributed by atoms with Gasteiger partial charge in [-0.05, 0) is 24.6 Å². The van der Waals surface area contributed by atoms with Crippen molar-refractivity contribution < 1.29 is 4.74 Å². The van der Waals surface area contributed by atoms with Crippen LogP contribution in [0.2, 0.25) is 5.02 Å². The van der Waals surface area contributed by atoms with E-state index in [1.807, 2.05) is 24.3 Å². The molecule has 0 bridgehead atoms. The Kier molecular flexibility index (Phi) is 5.10. The summed E-state index contributed by atoms with van der Waals surface area (Å²) in [7, 11) is 0. The van der Waals surface area contributed by atoms with Crippen LogP contribution in [0.5, 0.6) is 0 Å². The van der Waals surface area contributed by atoms with Crippen molar-refractivity contribution in [3.05, 3.63) is 29.3 Å². The molecule has 0 saturated carbocycles. The van der Waals surface area contributed by atoms with Gasteiger partial charge in [0.15, 0.2) is 0 Å². The molecule has 0 aliphatic carbocycles. The van der Waals surface area contributed by atoms with E-state index in [1.54, 1.807) is 0 Å². The fraction of sp³-hybridized carbons (Fsp3) is 0.538. The van der Waals surface area contributed by atoms with Gasteiger partial charge in [-0.2, -0.15) is 0 Å². The van der Waals surface area contributed by atoms with E-state index in [2.05, 4.69) is 10.2 Å². The minimum Gasteiger partial charge on any atom is -0.384 e. The van der Waals surface area contributed by atoms with E-state index < -0.39 is 0 Å². The van der Waals surface area contributed by atoms with Gasteiger partial charge < -0.3 is 10.1 Å². The Morgan fingerprint density at radius 2 is 2.24 bits per heavy atom. The topological polar surface area (TPSA) is 24.5 Å². The molecule has 1 saturated heterocycles. The van der Waals surface area contributed by atoms with Crippen LogP contribution in [0.3, 0.4) is 0 Å². The van der Waals surface area contributed by atoms with E-state index in [0.29, 0.717) is 0 Å². The van der Waals surface area contributed by atoms with Gasteiger partial charge in [-0.15, -0.1) is 0 Å². The molecule has 1 aromatic rings. The van der Waals surface area contributed by atoms with E-state index >= 15 is 0 Å². The van der Waals surface area contributed by atoms with Gasteiger partial charge in [0.25, 0.3) is 0 Å². The SMILES string of the molecule is Clc1cccc(NCCN2CCCOCC2)c1. The molecule has 1 heterocycles. The Morgan fingerprint density at radius 1 is 1.29 bits per heavy atom. The maximum absolute atomic E-state index is 5.93. The van der Waals surface area contributed by atoms with Crippen molar-refractivity contribution in [3.8, 4) is 0 Å². The van der Waals surface area contributed by atoms with Crippen LogP contribution in [0.4, 0.5) is 5.69 Å². The Hall–Kier alpha value is -0.770. The van der Waals surface area contributed by atoms with Crippen LogP contribution in [-0.2, 0) is 4.74 Å². The number of hydrogen-bond donors (Lipinski definition) is 1. The third-order valence-corrected chi connectivity index (χ3v) is 3.13. The number of ether oxygens (including phenoxy) is 1. The van der Waals surface area contributed by atoms with Crippen LogP contribution in [0.1, 0.15) is 6.42 Å². The molecule has 3 nitrogen and oxygen atoms in total. The van der Waals surface area contributed by atoms with Gasteiger partial charge >= 0.3 is 0 Å². The molecule has 0 radical (unpaired) electrons. The second-order valence-corrected chi connectivity index (χ2v) is 4.68. The molecule has 0 amide bonds. The summed E-state index contributed by atoms with van der Waals surface area (Å²) in [4.78, 5) is 2.44. The summed E-state index contributed by atoms with van der Waals surface area (Å²) in [5.74, 6) is 0. The average molecular weight is 255 g/mol. The Bertz CT molecular complexity index is 338. The first-order chi connectivity index (χ1) is 8.34. The molecule has 1 aliphatic heterocycles. The first-order valence-electron chi connectivity index (χ1n) is 6.14. The third-order valence-electron chi connectivity index (χ3n) is 2.90. The van der Waals surface area contributed by atoms with Crippen molar-refractivity contribution in [1.29, 1.82) is 0 Å². The smallest absolute Gasteiger partial charge is 0.0593 e. The van der Waals surface area contributed by atoms with Crippen molar-refractivity contribution in [2.75, 3.05) is 44.7 Å². The second kappa shape index (κ2) is 6.84. The van der Waals surface area contributed by atoms with Gasteiger partial charge in [0.05, 0.1) is 6.61 Å². The lowest BCUT2D eigenvalue weighted by atomic mass is 10.3. The van der Waals surface area contributed by atoms with Gasteiger partial charge in [0, 0.05) is 43.5 Å². The van der Waals surface area contributed by atoms with E-state index in [9.17, 15) is 0 Å². The Balaban J connectivity index is 1.71. The zero-order valence-corrected chi connectivity index (χ0v) is 10.7. The monoisotopic (exact) mass is 254 g/mol. The van der Waals surface area contributed by atoms with Crippen LogP contribution < -0.4 is 5.32 Å². The standard InChI is InChI=1S/C13H19ClN2O/c14-12-3-1-4-13(11-12)15-5-7-16-6-2-9-17-10-8-16/h1,3-4,11,15H,2,5-10H2. The molecule has 4 heteroatoms. The highest BCUT2D eigenvalue weighted by atomic mass is 35.5. The van der Waals surface area contributed by atoms with Crippen LogP contribution in [0.25, 0.3) is 0 Å².